The number of hydrogen-bond acceptors (Lipinski definition) is 8. The lowest BCUT2D eigenvalue weighted by atomic mass is 10.1. The van der Waals surface area contributed by atoms with Crippen molar-refractivity contribution in [3.8, 4) is 0 Å². The maximum Gasteiger partial charge on any atom is 0.326 e. The average molecular weight is 584 g/mol. The first-order chi connectivity index (χ1) is 18.6. The van der Waals surface area contributed by atoms with Crippen molar-refractivity contribution < 1.29 is 24.3 Å². The molecule has 0 aliphatic heterocycles. The third-order valence-electron chi connectivity index (χ3n) is 5.68. The van der Waals surface area contributed by atoms with Gasteiger partial charge in [0.15, 0.2) is 5.96 Å². The van der Waals surface area contributed by atoms with E-state index in [2.05, 4.69) is 20.9 Å². The summed E-state index contributed by atoms with van der Waals surface area (Å²) in [5.74, 6) is -1.81. The molecule has 0 saturated heterocycles. The van der Waals surface area contributed by atoms with Gasteiger partial charge in [0, 0.05) is 6.54 Å². The summed E-state index contributed by atoms with van der Waals surface area (Å²) in [5.41, 5.74) is 17.6. The molecule has 0 saturated carbocycles. The summed E-state index contributed by atoms with van der Waals surface area (Å²) in [6.45, 7) is 0.220. The highest BCUT2D eigenvalue weighted by Gasteiger charge is 2.30. The lowest BCUT2D eigenvalue weighted by molar-refractivity contribution is -0.142. The van der Waals surface area contributed by atoms with E-state index in [0.29, 0.717) is 30.8 Å². The van der Waals surface area contributed by atoms with Crippen molar-refractivity contribution in [2.75, 3.05) is 30.6 Å². The molecule has 1 rings (SSSR count). The topological polar surface area (TPSA) is 215 Å². The summed E-state index contributed by atoms with van der Waals surface area (Å²) in [6.07, 6.45) is 5.09. The minimum Gasteiger partial charge on any atom is -0.480 e. The van der Waals surface area contributed by atoms with Crippen molar-refractivity contribution in [1.82, 2.24) is 16.0 Å². The Kier molecular flexibility index (Phi) is 16.7. The second-order valence-electron chi connectivity index (χ2n) is 8.83. The van der Waals surface area contributed by atoms with Gasteiger partial charge in [0.25, 0.3) is 0 Å². The number of nitrogens with one attached hydrogen (secondary N) is 3. The van der Waals surface area contributed by atoms with Crippen LogP contribution in [0.2, 0.25) is 0 Å². The van der Waals surface area contributed by atoms with Gasteiger partial charge in [-0.05, 0) is 61.7 Å². The van der Waals surface area contributed by atoms with Crippen molar-refractivity contribution in [3.63, 3.8) is 0 Å². The molecule has 0 bridgehead atoms. The summed E-state index contributed by atoms with van der Waals surface area (Å²) in [5, 5.41) is 17.5. The van der Waals surface area contributed by atoms with Gasteiger partial charge in [-0.25, -0.2) is 4.79 Å². The third-order valence-corrected chi connectivity index (χ3v) is 6.97. The molecule has 14 heteroatoms. The fourth-order valence-electron chi connectivity index (χ4n) is 3.55. The second kappa shape index (κ2) is 19.1. The number of nitrogens with zero attached hydrogens (tertiary/aromatic N) is 1. The molecule has 12 nitrogen and oxygen atoms in total. The van der Waals surface area contributed by atoms with Gasteiger partial charge in [-0.3, -0.25) is 19.4 Å². The van der Waals surface area contributed by atoms with E-state index in [9.17, 15) is 24.3 Å². The second-order valence-corrected chi connectivity index (χ2v) is 10.8. The molecule has 10 N–H and O–H groups in total. The number of rotatable bonds is 19. The van der Waals surface area contributed by atoms with Crippen LogP contribution in [0.15, 0.2) is 35.3 Å². The monoisotopic (exact) mass is 583 g/mol. The van der Waals surface area contributed by atoms with E-state index in [-0.39, 0.29) is 25.3 Å². The number of carbonyl (C=O) groups excluding carboxylic acids is 3. The maximum atomic E-state index is 13.2. The van der Waals surface area contributed by atoms with Crippen LogP contribution in [0.5, 0.6) is 0 Å². The molecule has 0 aliphatic carbocycles. The van der Waals surface area contributed by atoms with E-state index in [1.54, 1.807) is 0 Å². The Labute approximate surface area is 238 Å². The lowest BCUT2D eigenvalue weighted by Crippen LogP contribution is -2.57. The molecule has 0 aliphatic rings. The fraction of sp³-hybridized carbons (Fsp3) is 0.560. The molecule has 1 aromatic carbocycles. The van der Waals surface area contributed by atoms with Gasteiger partial charge in [-0.1, -0.05) is 30.3 Å². The molecule has 0 fully saturated rings. The molecule has 4 atom stereocenters. The minimum absolute atomic E-state index is 0.102. The maximum absolute atomic E-state index is 13.2. The van der Waals surface area contributed by atoms with E-state index in [1.807, 2.05) is 42.8 Å². The molecular formula is C25H41N7O5S2. The molecule has 39 heavy (non-hydrogen) atoms. The van der Waals surface area contributed by atoms with E-state index >= 15 is 0 Å². The fourth-order valence-corrected chi connectivity index (χ4v) is 4.50. The van der Waals surface area contributed by atoms with Crippen LogP contribution in [0.4, 0.5) is 0 Å². The zero-order chi connectivity index (χ0) is 29.2. The van der Waals surface area contributed by atoms with Gasteiger partial charge in [-0.2, -0.15) is 23.5 Å². The van der Waals surface area contributed by atoms with Crippen molar-refractivity contribution in [2.24, 2.45) is 22.2 Å². The summed E-state index contributed by atoms with van der Waals surface area (Å²) in [4.78, 5) is 54.6. The highest BCUT2D eigenvalue weighted by molar-refractivity contribution is 7.98. The molecular weight excluding hydrogens is 542 g/mol. The van der Waals surface area contributed by atoms with E-state index in [1.165, 1.54) is 23.5 Å². The van der Waals surface area contributed by atoms with E-state index < -0.39 is 47.9 Å². The van der Waals surface area contributed by atoms with Crippen LogP contribution >= 0.6 is 23.5 Å². The number of hydrogen-bond donors (Lipinski definition) is 7. The van der Waals surface area contributed by atoms with Crippen LogP contribution in [-0.2, 0) is 25.6 Å². The van der Waals surface area contributed by atoms with Gasteiger partial charge < -0.3 is 38.3 Å². The number of amides is 3. The first-order valence-corrected chi connectivity index (χ1v) is 15.3. The zero-order valence-corrected chi connectivity index (χ0v) is 24.1. The largest absolute Gasteiger partial charge is 0.480 e. The lowest BCUT2D eigenvalue weighted by Gasteiger charge is -2.25. The number of thioether (sulfide) groups is 2. The first-order valence-electron chi connectivity index (χ1n) is 12.6. The van der Waals surface area contributed by atoms with Crippen LogP contribution in [0.1, 0.15) is 31.2 Å². The number of carbonyl (C=O) groups is 4. The van der Waals surface area contributed by atoms with Gasteiger partial charge in [0.1, 0.15) is 18.1 Å². The standard InChI is InChI=1S/C25H41N7O5S2/c1-38-13-10-18(30-21(33)17(26)15-16-7-4-3-5-8-16)22(34)31-19(11-14-39-2)23(35)32-20(24(36)37)9-6-12-29-25(27)28/h3-5,7-8,17-20H,6,9-15,26H2,1-2H3,(H,30,33)(H,31,34)(H,32,35)(H,36,37)(H4,27,28,29). The Bertz CT molecular complexity index is 948. The zero-order valence-electron chi connectivity index (χ0n) is 22.4. The Morgan fingerprint density at radius 2 is 1.36 bits per heavy atom. The number of carboxylic acid groups (broad SMARTS) is 1. The van der Waals surface area contributed by atoms with Crippen molar-refractivity contribution in [1.29, 1.82) is 0 Å². The summed E-state index contributed by atoms with van der Waals surface area (Å²) >= 11 is 2.99. The average Bonchev–Trinajstić information content (AvgIpc) is 2.90. The number of nitrogens with two attached hydrogens (primary N) is 3. The summed E-state index contributed by atoms with van der Waals surface area (Å²) in [7, 11) is 0. The summed E-state index contributed by atoms with van der Waals surface area (Å²) < 4.78 is 0. The van der Waals surface area contributed by atoms with E-state index in [0.717, 1.165) is 5.56 Å². The van der Waals surface area contributed by atoms with Gasteiger partial charge in [0.05, 0.1) is 6.04 Å². The highest BCUT2D eigenvalue weighted by Crippen LogP contribution is 2.08. The van der Waals surface area contributed by atoms with Crippen LogP contribution in [-0.4, -0.2) is 89.5 Å². The molecule has 1 aromatic rings. The van der Waals surface area contributed by atoms with Crippen LogP contribution in [0.25, 0.3) is 0 Å². The number of aliphatic imine (C=N–C) groups is 1. The van der Waals surface area contributed by atoms with Crippen LogP contribution in [0.3, 0.4) is 0 Å². The van der Waals surface area contributed by atoms with Crippen molar-refractivity contribution >= 4 is 53.2 Å². The molecule has 0 radical (unpaired) electrons. The number of guanidine groups is 1. The molecule has 3 amide bonds. The van der Waals surface area contributed by atoms with Crippen LogP contribution in [0, 0.1) is 0 Å². The molecule has 0 aromatic heterocycles. The Morgan fingerprint density at radius 3 is 1.85 bits per heavy atom. The SMILES string of the molecule is CSCCC(NC(=O)C(N)Cc1ccccc1)C(=O)NC(CCSC)C(=O)NC(CCCN=C(N)N)C(=O)O. The highest BCUT2D eigenvalue weighted by atomic mass is 32.2. The van der Waals surface area contributed by atoms with Gasteiger partial charge in [-0.15, -0.1) is 0 Å². The van der Waals surface area contributed by atoms with Gasteiger partial charge >= 0.3 is 5.97 Å². The third kappa shape index (κ3) is 14.1. The Balaban J connectivity index is 2.89. The number of benzene rings is 1. The number of carboxylic acids is 1. The minimum atomic E-state index is -1.21. The van der Waals surface area contributed by atoms with Gasteiger partial charge in [0.2, 0.25) is 17.7 Å². The Morgan fingerprint density at radius 1 is 0.846 bits per heavy atom. The molecule has 4 unspecified atom stereocenters. The summed E-state index contributed by atoms with van der Waals surface area (Å²) in [6, 6.07) is 5.37. The normalized spacial score (nSPS) is 13.8. The molecule has 218 valence electrons. The van der Waals surface area contributed by atoms with Crippen molar-refractivity contribution in [3.05, 3.63) is 35.9 Å². The quantitative estimate of drug-likeness (QED) is 0.0638. The predicted molar refractivity (Wildman–Crippen MR) is 157 cm³/mol. The smallest absolute Gasteiger partial charge is 0.326 e. The van der Waals surface area contributed by atoms with Crippen LogP contribution < -0.4 is 33.2 Å². The van der Waals surface area contributed by atoms with E-state index in [4.69, 9.17) is 17.2 Å². The Hall–Kier alpha value is -2.97. The predicted octanol–water partition coefficient (Wildman–Crippen LogP) is -0.345. The number of aliphatic carboxylic acids is 1. The molecule has 0 heterocycles. The molecule has 0 spiro atoms. The van der Waals surface area contributed by atoms with Crippen molar-refractivity contribution in [2.45, 2.75) is 56.3 Å². The first kappa shape index (κ1) is 34.1.